The van der Waals surface area contributed by atoms with Gasteiger partial charge in [0, 0.05) is 4.47 Å². The van der Waals surface area contributed by atoms with Crippen molar-refractivity contribution >= 4 is 33.5 Å². The normalized spacial score (nSPS) is 10.0. The molecule has 0 aliphatic heterocycles. The smallest absolute Gasteiger partial charge is 0.341 e. The molecular weight excluding hydrogens is 369 g/mol. The highest BCUT2D eigenvalue weighted by atomic mass is 79.9. The third-order valence-corrected chi connectivity index (χ3v) is 3.35. The molecule has 23 heavy (non-hydrogen) atoms. The van der Waals surface area contributed by atoms with Crippen LogP contribution in [0.25, 0.3) is 0 Å². The maximum absolute atomic E-state index is 13.6. The van der Waals surface area contributed by atoms with Crippen LogP contribution in [0, 0.1) is 5.82 Å². The number of esters is 1. The highest BCUT2D eigenvalue weighted by Crippen LogP contribution is 2.20. The highest BCUT2D eigenvalue weighted by molar-refractivity contribution is 9.10. The number of anilines is 1. The van der Waals surface area contributed by atoms with Crippen molar-refractivity contribution in [3.63, 3.8) is 0 Å². The van der Waals surface area contributed by atoms with Crippen LogP contribution >= 0.6 is 15.9 Å². The minimum atomic E-state index is -0.569. The number of halogens is 2. The van der Waals surface area contributed by atoms with E-state index in [0.717, 1.165) is 0 Å². The zero-order valence-electron chi connectivity index (χ0n) is 12.1. The van der Waals surface area contributed by atoms with E-state index in [0.29, 0.717) is 4.47 Å². The van der Waals surface area contributed by atoms with Gasteiger partial charge in [0.25, 0.3) is 5.91 Å². The summed E-state index contributed by atoms with van der Waals surface area (Å²) in [6.07, 6.45) is 0. The molecule has 1 N–H and O–H groups in total. The van der Waals surface area contributed by atoms with Crippen LogP contribution in [0.4, 0.5) is 10.1 Å². The molecule has 0 spiro atoms. The molecule has 2 aromatic carbocycles. The second-order valence-electron chi connectivity index (χ2n) is 4.45. The number of methoxy groups -OCH3 is 1. The van der Waals surface area contributed by atoms with Crippen LogP contribution in [0.15, 0.2) is 46.9 Å². The molecule has 0 saturated heterocycles. The topological polar surface area (TPSA) is 64.6 Å². The van der Waals surface area contributed by atoms with Gasteiger partial charge in [-0.2, -0.15) is 0 Å². The molecule has 0 radical (unpaired) electrons. The van der Waals surface area contributed by atoms with Gasteiger partial charge >= 0.3 is 5.97 Å². The molecule has 0 unspecified atom stereocenters. The second kappa shape index (κ2) is 7.73. The van der Waals surface area contributed by atoms with Gasteiger partial charge in [0.15, 0.2) is 6.61 Å². The lowest BCUT2D eigenvalue weighted by molar-refractivity contribution is -0.118. The number of carbonyl (C=O) groups is 2. The Hall–Kier alpha value is -2.41. The zero-order chi connectivity index (χ0) is 16.8. The monoisotopic (exact) mass is 381 g/mol. The van der Waals surface area contributed by atoms with Crippen molar-refractivity contribution in [2.75, 3.05) is 19.0 Å². The summed E-state index contributed by atoms with van der Waals surface area (Å²) in [7, 11) is 1.25. The summed E-state index contributed by atoms with van der Waals surface area (Å²) in [5.41, 5.74) is 0.251. The molecule has 0 saturated carbocycles. The standard InChI is InChI=1S/C16H13BrFNO4/c1-22-16(21)11-4-2-3-5-14(11)23-9-15(20)19-13-7-6-10(17)8-12(13)18/h2-8H,9H2,1H3,(H,19,20). The number of hydrogen-bond donors (Lipinski definition) is 1. The first-order valence-corrected chi connectivity index (χ1v) is 7.35. The fourth-order valence-electron chi connectivity index (χ4n) is 1.79. The fourth-order valence-corrected chi connectivity index (χ4v) is 2.12. The van der Waals surface area contributed by atoms with Crippen LogP contribution in [-0.4, -0.2) is 25.6 Å². The zero-order valence-corrected chi connectivity index (χ0v) is 13.7. The molecule has 0 heterocycles. The quantitative estimate of drug-likeness (QED) is 0.806. The first-order chi connectivity index (χ1) is 11.0. The molecule has 0 aliphatic rings. The first kappa shape index (κ1) is 17.0. The number of amides is 1. The summed E-state index contributed by atoms with van der Waals surface area (Å²) in [4.78, 5) is 23.4. The van der Waals surface area contributed by atoms with E-state index in [-0.39, 0.29) is 23.6 Å². The summed E-state index contributed by atoms with van der Waals surface area (Å²) in [6.45, 7) is -0.372. The largest absolute Gasteiger partial charge is 0.483 e. The molecule has 0 aliphatic carbocycles. The summed E-state index contributed by atoms with van der Waals surface area (Å²) >= 11 is 3.13. The van der Waals surface area contributed by atoms with Gasteiger partial charge in [-0.1, -0.05) is 28.1 Å². The van der Waals surface area contributed by atoms with Gasteiger partial charge in [-0.3, -0.25) is 4.79 Å². The fraction of sp³-hybridized carbons (Fsp3) is 0.125. The second-order valence-corrected chi connectivity index (χ2v) is 5.36. The minimum absolute atomic E-state index is 0.0445. The Balaban J connectivity index is 2.01. The van der Waals surface area contributed by atoms with E-state index in [4.69, 9.17) is 4.74 Å². The van der Waals surface area contributed by atoms with Crippen molar-refractivity contribution < 1.29 is 23.5 Å². The third kappa shape index (κ3) is 4.53. The summed E-state index contributed by atoms with van der Waals surface area (Å²) in [6, 6.07) is 10.6. The molecule has 5 nitrogen and oxygen atoms in total. The van der Waals surface area contributed by atoms with Crippen LogP contribution in [0.1, 0.15) is 10.4 Å². The molecular formula is C16H13BrFNO4. The van der Waals surface area contributed by atoms with E-state index >= 15 is 0 Å². The predicted octanol–water partition coefficient (Wildman–Crippen LogP) is 3.39. The van der Waals surface area contributed by atoms with Crippen molar-refractivity contribution in [1.82, 2.24) is 0 Å². The van der Waals surface area contributed by atoms with Crippen LogP contribution in [-0.2, 0) is 9.53 Å². The van der Waals surface area contributed by atoms with E-state index in [1.54, 1.807) is 24.3 Å². The van der Waals surface area contributed by atoms with E-state index < -0.39 is 17.7 Å². The molecule has 120 valence electrons. The SMILES string of the molecule is COC(=O)c1ccccc1OCC(=O)Nc1ccc(Br)cc1F. The molecule has 7 heteroatoms. The van der Waals surface area contributed by atoms with E-state index in [1.165, 1.54) is 25.3 Å². The number of benzene rings is 2. The lowest BCUT2D eigenvalue weighted by Gasteiger charge is -2.11. The van der Waals surface area contributed by atoms with E-state index in [9.17, 15) is 14.0 Å². The highest BCUT2D eigenvalue weighted by Gasteiger charge is 2.14. The van der Waals surface area contributed by atoms with Crippen LogP contribution in [0.5, 0.6) is 5.75 Å². The Morgan fingerprint density at radius 2 is 1.96 bits per heavy atom. The average Bonchev–Trinajstić information content (AvgIpc) is 2.55. The van der Waals surface area contributed by atoms with E-state index in [1.807, 2.05) is 0 Å². The predicted molar refractivity (Wildman–Crippen MR) is 86.0 cm³/mol. The molecule has 0 atom stereocenters. The van der Waals surface area contributed by atoms with Gasteiger partial charge in [0.2, 0.25) is 0 Å². The minimum Gasteiger partial charge on any atom is -0.483 e. The Morgan fingerprint density at radius 3 is 2.65 bits per heavy atom. The lowest BCUT2D eigenvalue weighted by Crippen LogP contribution is -2.21. The Kier molecular flexibility index (Phi) is 5.70. The molecule has 0 bridgehead atoms. The van der Waals surface area contributed by atoms with Crippen molar-refractivity contribution in [3.8, 4) is 5.75 Å². The maximum Gasteiger partial charge on any atom is 0.341 e. The van der Waals surface area contributed by atoms with Gasteiger partial charge in [0.05, 0.1) is 12.8 Å². The number of nitrogens with one attached hydrogen (secondary N) is 1. The summed E-state index contributed by atoms with van der Waals surface area (Å²) in [5, 5.41) is 2.39. The molecule has 1 amide bonds. The van der Waals surface area contributed by atoms with Crippen molar-refractivity contribution in [1.29, 1.82) is 0 Å². The van der Waals surface area contributed by atoms with Gasteiger partial charge in [-0.25, -0.2) is 9.18 Å². The van der Waals surface area contributed by atoms with Crippen LogP contribution in [0.2, 0.25) is 0 Å². The Labute approximate surface area is 140 Å². The average molecular weight is 382 g/mol. The third-order valence-electron chi connectivity index (χ3n) is 2.86. The Bertz CT molecular complexity index is 736. The van der Waals surface area contributed by atoms with Crippen LogP contribution in [0.3, 0.4) is 0 Å². The van der Waals surface area contributed by atoms with E-state index in [2.05, 4.69) is 26.0 Å². The van der Waals surface area contributed by atoms with Gasteiger partial charge in [0.1, 0.15) is 17.1 Å². The summed E-state index contributed by atoms with van der Waals surface area (Å²) in [5.74, 6) is -1.47. The molecule has 0 fully saturated rings. The van der Waals surface area contributed by atoms with Crippen molar-refractivity contribution in [2.24, 2.45) is 0 Å². The maximum atomic E-state index is 13.6. The number of rotatable bonds is 5. The summed E-state index contributed by atoms with van der Waals surface area (Å²) < 4.78 is 24.2. The number of carbonyl (C=O) groups excluding carboxylic acids is 2. The lowest BCUT2D eigenvalue weighted by atomic mass is 10.2. The number of para-hydroxylation sites is 1. The first-order valence-electron chi connectivity index (χ1n) is 6.56. The Morgan fingerprint density at radius 1 is 1.22 bits per heavy atom. The van der Waals surface area contributed by atoms with Gasteiger partial charge in [-0.15, -0.1) is 0 Å². The van der Waals surface area contributed by atoms with Gasteiger partial charge < -0.3 is 14.8 Å². The number of hydrogen-bond acceptors (Lipinski definition) is 4. The van der Waals surface area contributed by atoms with Crippen molar-refractivity contribution in [2.45, 2.75) is 0 Å². The molecule has 2 rings (SSSR count). The molecule has 0 aromatic heterocycles. The van der Waals surface area contributed by atoms with Crippen molar-refractivity contribution in [3.05, 3.63) is 58.3 Å². The van der Waals surface area contributed by atoms with Crippen LogP contribution < -0.4 is 10.1 Å². The molecule has 2 aromatic rings. The number of ether oxygens (including phenoxy) is 2. The van der Waals surface area contributed by atoms with Gasteiger partial charge in [-0.05, 0) is 30.3 Å².